The third-order valence-corrected chi connectivity index (χ3v) is 4.89. The van der Waals surface area contributed by atoms with E-state index in [-0.39, 0.29) is 11.7 Å². The van der Waals surface area contributed by atoms with E-state index in [0.717, 1.165) is 35.0 Å². The first-order chi connectivity index (χ1) is 12.7. The molecular weight excluding hydrogens is 327 g/mol. The third kappa shape index (κ3) is 3.32. The van der Waals surface area contributed by atoms with Crippen LogP contribution in [0.3, 0.4) is 0 Å². The molecule has 0 unspecified atom stereocenters. The van der Waals surface area contributed by atoms with Gasteiger partial charge in [-0.3, -0.25) is 9.78 Å². The standard InChI is InChI=1S/C22H21FN2O/c1-2-25(14-15-6-5-7-17(23)12-15)22(26)19-13-21(16-10-11-16)24-20-9-4-3-8-18(19)20/h3-9,12-13,16H,2,10-11,14H2,1H3. The number of carbonyl (C=O) groups is 1. The van der Waals surface area contributed by atoms with Gasteiger partial charge in [0.2, 0.25) is 0 Å². The number of para-hydroxylation sites is 1. The van der Waals surface area contributed by atoms with E-state index < -0.39 is 0 Å². The number of hydrogen-bond acceptors (Lipinski definition) is 2. The predicted octanol–water partition coefficient (Wildman–Crippen LogP) is 4.91. The number of rotatable bonds is 5. The SMILES string of the molecule is CCN(Cc1cccc(F)c1)C(=O)c1cc(C2CC2)nc2ccccc12. The molecular formula is C22H21FN2O. The highest BCUT2D eigenvalue weighted by Crippen LogP contribution is 2.40. The first-order valence-corrected chi connectivity index (χ1v) is 9.09. The Kier molecular flexibility index (Phi) is 4.41. The molecule has 0 saturated heterocycles. The Morgan fingerprint density at radius 1 is 1.15 bits per heavy atom. The van der Waals surface area contributed by atoms with Crippen molar-refractivity contribution in [3.8, 4) is 0 Å². The molecule has 0 N–H and O–H groups in total. The predicted molar refractivity (Wildman–Crippen MR) is 101 cm³/mol. The van der Waals surface area contributed by atoms with Crippen LogP contribution in [0.2, 0.25) is 0 Å². The van der Waals surface area contributed by atoms with Crippen LogP contribution >= 0.6 is 0 Å². The number of carbonyl (C=O) groups excluding carboxylic acids is 1. The molecule has 1 aliphatic carbocycles. The average molecular weight is 348 g/mol. The summed E-state index contributed by atoms with van der Waals surface area (Å²) in [5, 5.41) is 0.875. The molecule has 1 fully saturated rings. The van der Waals surface area contributed by atoms with Crippen molar-refractivity contribution in [1.29, 1.82) is 0 Å². The fraction of sp³-hybridized carbons (Fsp3) is 0.273. The van der Waals surface area contributed by atoms with Gasteiger partial charge >= 0.3 is 0 Å². The van der Waals surface area contributed by atoms with E-state index in [2.05, 4.69) is 0 Å². The Morgan fingerprint density at radius 2 is 1.96 bits per heavy atom. The summed E-state index contributed by atoms with van der Waals surface area (Å²) in [7, 11) is 0. The fourth-order valence-corrected chi connectivity index (χ4v) is 3.31. The maximum absolute atomic E-state index is 13.5. The maximum atomic E-state index is 13.5. The van der Waals surface area contributed by atoms with E-state index in [1.807, 2.05) is 43.3 Å². The van der Waals surface area contributed by atoms with Crippen molar-refractivity contribution in [2.24, 2.45) is 0 Å². The van der Waals surface area contributed by atoms with Crippen molar-refractivity contribution in [2.45, 2.75) is 32.2 Å². The summed E-state index contributed by atoms with van der Waals surface area (Å²) in [5.41, 5.74) is 3.35. The summed E-state index contributed by atoms with van der Waals surface area (Å²) >= 11 is 0. The van der Waals surface area contributed by atoms with Crippen molar-refractivity contribution in [3.05, 3.63) is 77.2 Å². The Morgan fingerprint density at radius 3 is 2.69 bits per heavy atom. The molecule has 1 saturated carbocycles. The van der Waals surface area contributed by atoms with E-state index in [1.165, 1.54) is 12.1 Å². The summed E-state index contributed by atoms with van der Waals surface area (Å²) in [6, 6.07) is 16.2. The summed E-state index contributed by atoms with van der Waals surface area (Å²) in [4.78, 5) is 19.8. The molecule has 132 valence electrons. The largest absolute Gasteiger partial charge is 0.335 e. The summed E-state index contributed by atoms with van der Waals surface area (Å²) in [5.74, 6) is 0.165. The molecule has 0 aliphatic heterocycles. The van der Waals surface area contributed by atoms with Crippen molar-refractivity contribution in [2.75, 3.05) is 6.54 Å². The number of aromatic nitrogens is 1. The van der Waals surface area contributed by atoms with Crippen LogP contribution in [0.1, 0.15) is 47.3 Å². The minimum absolute atomic E-state index is 0.0303. The number of amides is 1. The Labute approximate surface area is 152 Å². The summed E-state index contributed by atoms with van der Waals surface area (Å²) in [6.45, 7) is 2.90. The van der Waals surface area contributed by atoms with Crippen LogP contribution in [0.15, 0.2) is 54.6 Å². The van der Waals surface area contributed by atoms with Gasteiger partial charge in [-0.05, 0) is 49.6 Å². The quantitative estimate of drug-likeness (QED) is 0.656. The van der Waals surface area contributed by atoms with Crippen LogP contribution in [-0.4, -0.2) is 22.3 Å². The Balaban J connectivity index is 1.71. The number of halogens is 1. The van der Waals surface area contributed by atoms with E-state index in [9.17, 15) is 9.18 Å². The normalized spacial score (nSPS) is 13.8. The highest BCUT2D eigenvalue weighted by molar-refractivity contribution is 6.06. The van der Waals surface area contributed by atoms with Crippen LogP contribution in [0.4, 0.5) is 4.39 Å². The molecule has 3 aromatic rings. The van der Waals surface area contributed by atoms with Crippen LogP contribution in [0.25, 0.3) is 10.9 Å². The lowest BCUT2D eigenvalue weighted by Gasteiger charge is -2.22. The molecule has 0 radical (unpaired) electrons. The minimum Gasteiger partial charge on any atom is -0.335 e. The molecule has 0 bridgehead atoms. The van der Waals surface area contributed by atoms with Gasteiger partial charge in [0.05, 0.1) is 11.1 Å². The van der Waals surface area contributed by atoms with Crippen molar-refractivity contribution in [1.82, 2.24) is 9.88 Å². The molecule has 0 spiro atoms. The van der Waals surface area contributed by atoms with Crippen molar-refractivity contribution in [3.63, 3.8) is 0 Å². The van der Waals surface area contributed by atoms with Gasteiger partial charge in [0.15, 0.2) is 0 Å². The second-order valence-corrected chi connectivity index (χ2v) is 6.84. The zero-order chi connectivity index (χ0) is 18.1. The monoisotopic (exact) mass is 348 g/mol. The number of benzene rings is 2. The van der Waals surface area contributed by atoms with Gasteiger partial charge in [0.1, 0.15) is 5.82 Å². The second-order valence-electron chi connectivity index (χ2n) is 6.84. The molecule has 4 rings (SSSR count). The molecule has 0 atom stereocenters. The smallest absolute Gasteiger partial charge is 0.254 e. The van der Waals surface area contributed by atoms with E-state index in [0.29, 0.717) is 24.6 Å². The van der Waals surface area contributed by atoms with Gasteiger partial charge in [0.25, 0.3) is 5.91 Å². The topological polar surface area (TPSA) is 33.2 Å². The summed E-state index contributed by atoms with van der Waals surface area (Å²) in [6.07, 6.45) is 2.28. The highest BCUT2D eigenvalue weighted by atomic mass is 19.1. The first-order valence-electron chi connectivity index (χ1n) is 9.09. The van der Waals surface area contributed by atoms with Gasteiger partial charge in [-0.25, -0.2) is 4.39 Å². The Hall–Kier alpha value is -2.75. The van der Waals surface area contributed by atoms with Gasteiger partial charge < -0.3 is 4.90 Å². The maximum Gasteiger partial charge on any atom is 0.254 e. The number of pyridine rings is 1. The van der Waals surface area contributed by atoms with Crippen LogP contribution < -0.4 is 0 Å². The first kappa shape index (κ1) is 16.7. The number of fused-ring (bicyclic) bond motifs is 1. The summed E-state index contributed by atoms with van der Waals surface area (Å²) < 4.78 is 13.5. The molecule has 4 heteroatoms. The molecule has 1 heterocycles. The highest BCUT2D eigenvalue weighted by Gasteiger charge is 2.27. The van der Waals surface area contributed by atoms with Gasteiger partial charge in [-0.1, -0.05) is 30.3 Å². The lowest BCUT2D eigenvalue weighted by Crippen LogP contribution is -2.30. The average Bonchev–Trinajstić information content (AvgIpc) is 3.50. The van der Waals surface area contributed by atoms with Gasteiger partial charge in [-0.2, -0.15) is 0 Å². The fourth-order valence-electron chi connectivity index (χ4n) is 3.31. The molecule has 1 aliphatic rings. The molecule has 26 heavy (non-hydrogen) atoms. The van der Waals surface area contributed by atoms with Crippen LogP contribution in [-0.2, 0) is 6.54 Å². The van der Waals surface area contributed by atoms with E-state index in [4.69, 9.17) is 4.98 Å². The van der Waals surface area contributed by atoms with E-state index >= 15 is 0 Å². The molecule has 1 amide bonds. The van der Waals surface area contributed by atoms with Crippen LogP contribution in [0, 0.1) is 5.82 Å². The lowest BCUT2D eigenvalue weighted by molar-refractivity contribution is 0.0754. The Bertz CT molecular complexity index is 965. The number of nitrogens with zero attached hydrogens (tertiary/aromatic N) is 2. The minimum atomic E-state index is -0.281. The lowest BCUT2D eigenvalue weighted by atomic mass is 10.0. The van der Waals surface area contributed by atoms with Crippen molar-refractivity contribution < 1.29 is 9.18 Å². The van der Waals surface area contributed by atoms with Crippen molar-refractivity contribution >= 4 is 16.8 Å². The molecule has 1 aromatic heterocycles. The van der Waals surface area contributed by atoms with Gasteiger partial charge in [0, 0.05) is 30.1 Å². The zero-order valence-corrected chi connectivity index (χ0v) is 14.8. The zero-order valence-electron chi connectivity index (χ0n) is 14.8. The third-order valence-electron chi connectivity index (χ3n) is 4.89. The van der Waals surface area contributed by atoms with E-state index in [1.54, 1.807) is 11.0 Å². The molecule has 3 nitrogen and oxygen atoms in total. The number of hydrogen-bond donors (Lipinski definition) is 0. The van der Waals surface area contributed by atoms with Crippen LogP contribution in [0.5, 0.6) is 0 Å². The second kappa shape index (κ2) is 6.87. The molecule has 2 aromatic carbocycles. The van der Waals surface area contributed by atoms with Gasteiger partial charge in [-0.15, -0.1) is 0 Å².